The van der Waals surface area contributed by atoms with Gasteiger partial charge in [-0.1, -0.05) is 44.0 Å². The van der Waals surface area contributed by atoms with Gasteiger partial charge in [0.1, 0.15) is 0 Å². The second kappa shape index (κ2) is 3.54. The Morgan fingerprint density at radius 3 is 2.10 bits per heavy atom. The number of benzene rings is 1. The largest absolute Gasteiger partial charge is 0.0842 e. The highest BCUT2D eigenvalue weighted by Gasteiger charge is 1.97. The van der Waals surface area contributed by atoms with E-state index in [-0.39, 0.29) is 0 Å². The quantitative estimate of drug-likeness (QED) is 0.674. The maximum atomic E-state index is 3.49. The van der Waals surface area contributed by atoms with Crippen molar-refractivity contribution >= 4 is 31.9 Å². The molecule has 0 nitrogen and oxygen atoms in total. The third kappa shape index (κ3) is 2.10. The molecule has 0 unspecified atom stereocenters. The van der Waals surface area contributed by atoms with Gasteiger partial charge in [-0.15, -0.1) is 0 Å². The zero-order valence-electron chi connectivity index (χ0n) is 5.64. The smallest absolute Gasteiger partial charge is 0.0367 e. The zero-order valence-corrected chi connectivity index (χ0v) is 8.81. The molecule has 2 heteroatoms. The van der Waals surface area contributed by atoms with Crippen LogP contribution in [-0.2, 0) is 0 Å². The molecule has 1 rings (SSSR count). The summed E-state index contributed by atoms with van der Waals surface area (Å²) in [5.74, 6) is 0. The molecule has 54 valence electrons. The van der Waals surface area contributed by atoms with Crippen LogP contribution in [0.1, 0.15) is 17.3 Å². The molecule has 0 amide bonds. The third-order valence-corrected chi connectivity index (χ3v) is 2.39. The van der Waals surface area contributed by atoms with E-state index in [1.165, 1.54) is 5.56 Å². The van der Waals surface area contributed by atoms with Gasteiger partial charge in [-0.05, 0) is 24.6 Å². The SMILES string of the molecule is C[C@@H](Br)c1ccc(Br)cc1. The predicted octanol–water partition coefficient (Wildman–Crippen LogP) is 3.91. The van der Waals surface area contributed by atoms with Crippen molar-refractivity contribution in [2.75, 3.05) is 0 Å². The standard InChI is InChI=1S/C8H8Br2/c1-6(9)7-2-4-8(10)5-3-7/h2-6H,1H3/t6-/m1/s1. The van der Waals surface area contributed by atoms with Crippen molar-refractivity contribution in [1.29, 1.82) is 0 Å². The molecular weight excluding hydrogens is 256 g/mol. The van der Waals surface area contributed by atoms with Gasteiger partial charge in [0.15, 0.2) is 0 Å². The van der Waals surface area contributed by atoms with Gasteiger partial charge >= 0.3 is 0 Å². The van der Waals surface area contributed by atoms with E-state index in [0.717, 1.165) is 4.47 Å². The summed E-state index contributed by atoms with van der Waals surface area (Å²) in [5.41, 5.74) is 1.31. The van der Waals surface area contributed by atoms with Gasteiger partial charge in [0.25, 0.3) is 0 Å². The zero-order chi connectivity index (χ0) is 7.56. The number of alkyl halides is 1. The molecule has 0 fully saturated rings. The van der Waals surface area contributed by atoms with Crippen LogP contribution < -0.4 is 0 Å². The highest BCUT2D eigenvalue weighted by atomic mass is 79.9. The fourth-order valence-corrected chi connectivity index (χ4v) is 1.30. The van der Waals surface area contributed by atoms with Crippen molar-refractivity contribution in [3.8, 4) is 0 Å². The topological polar surface area (TPSA) is 0 Å². The highest BCUT2D eigenvalue weighted by Crippen LogP contribution is 2.22. The molecule has 0 aromatic heterocycles. The van der Waals surface area contributed by atoms with Crippen LogP contribution in [0.3, 0.4) is 0 Å². The molecule has 0 heterocycles. The van der Waals surface area contributed by atoms with Gasteiger partial charge in [-0.3, -0.25) is 0 Å². The van der Waals surface area contributed by atoms with E-state index >= 15 is 0 Å². The first kappa shape index (κ1) is 8.28. The third-order valence-electron chi connectivity index (χ3n) is 1.33. The minimum absolute atomic E-state index is 0.445. The average Bonchev–Trinajstić information content (AvgIpc) is 1.88. The number of rotatable bonds is 1. The summed E-state index contributed by atoms with van der Waals surface area (Å²) in [5, 5.41) is 0. The van der Waals surface area contributed by atoms with Crippen molar-refractivity contribution in [1.82, 2.24) is 0 Å². The number of halogens is 2. The molecule has 0 saturated heterocycles. The van der Waals surface area contributed by atoms with Crippen molar-refractivity contribution < 1.29 is 0 Å². The lowest BCUT2D eigenvalue weighted by atomic mass is 10.2. The molecule has 0 spiro atoms. The van der Waals surface area contributed by atoms with Crippen LogP contribution in [0.25, 0.3) is 0 Å². The Hall–Kier alpha value is 0.180. The summed E-state index contributed by atoms with van der Waals surface area (Å²) < 4.78 is 1.13. The summed E-state index contributed by atoms with van der Waals surface area (Å²) in [6.07, 6.45) is 0. The lowest BCUT2D eigenvalue weighted by molar-refractivity contribution is 1.12. The van der Waals surface area contributed by atoms with Gasteiger partial charge in [-0.2, -0.15) is 0 Å². The van der Waals surface area contributed by atoms with Crippen LogP contribution in [0, 0.1) is 0 Å². The van der Waals surface area contributed by atoms with Crippen molar-refractivity contribution in [2.45, 2.75) is 11.8 Å². The maximum absolute atomic E-state index is 3.49. The van der Waals surface area contributed by atoms with Gasteiger partial charge in [0.2, 0.25) is 0 Å². The molecule has 0 radical (unpaired) electrons. The molecule has 0 aliphatic rings. The monoisotopic (exact) mass is 262 g/mol. The predicted molar refractivity (Wildman–Crippen MR) is 51.5 cm³/mol. The van der Waals surface area contributed by atoms with Crippen LogP contribution in [0.4, 0.5) is 0 Å². The first-order chi connectivity index (χ1) is 4.70. The van der Waals surface area contributed by atoms with Crippen LogP contribution in [0.15, 0.2) is 28.7 Å². The van der Waals surface area contributed by atoms with Crippen LogP contribution >= 0.6 is 31.9 Å². The average molecular weight is 264 g/mol. The second-order valence-corrected chi connectivity index (χ2v) is 4.46. The summed E-state index contributed by atoms with van der Waals surface area (Å²) >= 11 is 6.87. The number of hydrogen-bond acceptors (Lipinski definition) is 0. The Balaban J connectivity index is 2.89. The summed E-state index contributed by atoms with van der Waals surface area (Å²) in [6, 6.07) is 8.30. The molecule has 0 N–H and O–H groups in total. The first-order valence-corrected chi connectivity index (χ1v) is 4.80. The van der Waals surface area contributed by atoms with Crippen molar-refractivity contribution in [2.24, 2.45) is 0 Å². The molecule has 0 aliphatic carbocycles. The first-order valence-electron chi connectivity index (χ1n) is 3.09. The minimum Gasteiger partial charge on any atom is -0.0842 e. The van der Waals surface area contributed by atoms with Gasteiger partial charge < -0.3 is 0 Å². The fraction of sp³-hybridized carbons (Fsp3) is 0.250. The Labute approximate surface area is 77.9 Å². The lowest BCUT2D eigenvalue weighted by Gasteiger charge is -2.01. The Bertz CT molecular complexity index is 201. The van der Waals surface area contributed by atoms with Crippen LogP contribution in [0.2, 0.25) is 0 Å². The van der Waals surface area contributed by atoms with Crippen molar-refractivity contribution in [3.63, 3.8) is 0 Å². The van der Waals surface area contributed by atoms with E-state index in [0.29, 0.717) is 4.83 Å². The fourth-order valence-electron chi connectivity index (χ4n) is 0.728. The molecule has 0 aliphatic heterocycles. The lowest BCUT2D eigenvalue weighted by Crippen LogP contribution is -1.80. The van der Waals surface area contributed by atoms with Crippen LogP contribution in [0.5, 0.6) is 0 Å². The molecular formula is C8H8Br2. The van der Waals surface area contributed by atoms with Crippen LogP contribution in [-0.4, -0.2) is 0 Å². The number of hydrogen-bond donors (Lipinski definition) is 0. The maximum Gasteiger partial charge on any atom is 0.0367 e. The summed E-state index contributed by atoms with van der Waals surface area (Å²) in [4.78, 5) is 0.445. The molecule has 1 atom stereocenters. The minimum atomic E-state index is 0.445. The Morgan fingerprint density at radius 1 is 1.20 bits per heavy atom. The van der Waals surface area contributed by atoms with Gasteiger partial charge in [-0.25, -0.2) is 0 Å². The normalized spacial score (nSPS) is 13.1. The van der Waals surface area contributed by atoms with E-state index < -0.39 is 0 Å². The Kier molecular flexibility index (Phi) is 2.93. The molecule has 0 saturated carbocycles. The van der Waals surface area contributed by atoms with E-state index in [9.17, 15) is 0 Å². The molecule has 10 heavy (non-hydrogen) atoms. The summed E-state index contributed by atoms with van der Waals surface area (Å²) in [6.45, 7) is 2.11. The molecule has 0 bridgehead atoms. The van der Waals surface area contributed by atoms with E-state index in [4.69, 9.17) is 0 Å². The second-order valence-electron chi connectivity index (χ2n) is 2.17. The van der Waals surface area contributed by atoms with E-state index in [1.54, 1.807) is 0 Å². The summed E-state index contributed by atoms with van der Waals surface area (Å²) in [7, 11) is 0. The van der Waals surface area contributed by atoms with E-state index in [1.807, 2.05) is 12.1 Å². The molecule has 1 aromatic carbocycles. The Morgan fingerprint density at radius 2 is 1.70 bits per heavy atom. The molecule has 1 aromatic rings. The van der Waals surface area contributed by atoms with Gasteiger partial charge in [0, 0.05) is 9.30 Å². The van der Waals surface area contributed by atoms with E-state index in [2.05, 4.69) is 50.9 Å². The highest BCUT2D eigenvalue weighted by molar-refractivity contribution is 9.10. The van der Waals surface area contributed by atoms with Gasteiger partial charge in [0.05, 0.1) is 0 Å². The van der Waals surface area contributed by atoms with Crippen molar-refractivity contribution in [3.05, 3.63) is 34.3 Å².